The number of hydrogen-bond acceptors (Lipinski definition) is 2. The summed E-state index contributed by atoms with van der Waals surface area (Å²) in [5.41, 5.74) is 9.30. The van der Waals surface area contributed by atoms with Crippen LogP contribution in [0.5, 0.6) is 0 Å². The number of fused-ring (bicyclic) bond motifs is 1. The minimum atomic E-state index is 0.274. The van der Waals surface area contributed by atoms with Crippen LogP contribution < -0.4 is 11.1 Å². The molecular weight excluding hydrogens is 256 g/mol. The number of hydrogen-bond donors (Lipinski definition) is 2. The van der Waals surface area contributed by atoms with E-state index in [9.17, 15) is 0 Å². The average Bonchev–Trinajstić information content (AvgIpc) is 2.53. The second kappa shape index (κ2) is 5.98. The first-order chi connectivity index (χ1) is 10.3. The van der Waals surface area contributed by atoms with Crippen LogP contribution in [-0.4, -0.2) is 0 Å². The molecule has 0 aliphatic carbocycles. The highest BCUT2D eigenvalue weighted by Gasteiger charge is 2.09. The van der Waals surface area contributed by atoms with Gasteiger partial charge in [0.2, 0.25) is 0 Å². The van der Waals surface area contributed by atoms with Crippen LogP contribution in [0.3, 0.4) is 0 Å². The Kier molecular flexibility index (Phi) is 3.89. The zero-order chi connectivity index (χ0) is 14.7. The quantitative estimate of drug-likeness (QED) is 0.698. The second-order valence-corrected chi connectivity index (χ2v) is 5.37. The number of nitrogen functional groups attached to an aromatic ring is 1. The highest BCUT2D eigenvalue weighted by atomic mass is 14.9. The van der Waals surface area contributed by atoms with Gasteiger partial charge in [0, 0.05) is 18.3 Å². The van der Waals surface area contributed by atoms with Crippen molar-refractivity contribution in [3.05, 3.63) is 77.9 Å². The van der Waals surface area contributed by atoms with Gasteiger partial charge in [-0.3, -0.25) is 0 Å². The van der Waals surface area contributed by atoms with Crippen LogP contribution in [-0.2, 0) is 6.54 Å². The maximum absolute atomic E-state index is 6.00. The van der Waals surface area contributed by atoms with E-state index in [0.29, 0.717) is 0 Å². The van der Waals surface area contributed by atoms with E-state index in [2.05, 4.69) is 60.8 Å². The van der Waals surface area contributed by atoms with E-state index in [0.717, 1.165) is 17.8 Å². The first-order valence-electron chi connectivity index (χ1n) is 7.30. The van der Waals surface area contributed by atoms with E-state index in [-0.39, 0.29) is 6.04 Å². The molecule has 0 bridgehead atoms. The van der Waals surface area contributed by atoms with Gasteiger partial charge in [0.05, 0.1) is 0 Å². The lowest BCUT2D eigenvalue weighted by Crippen LogP contribution is -2.19. The standard InChI is InChI=1S/C19H20N2/c1-14(21-13-16-8-3-5-12-19(16)20)17-11-6-9-15-7-2-4-10-18(15)17/h2-12,14,21H,13,20H2,1H3. The summed E-state index contributed by atoms with van der Waals surface area (Å²) in [5.74, 6) is 0. The largest absolute Gasteiger partial charge is 0.398 e. The number of nitrogens with one attached hydrogen (secondary N) is 1. The monoisotopic (exact) mass is 276 g/mol. The van der Waals surface area contributed by atoms with Crippen LogP contribution in [0.1, 0.15) is 24.1 Å². The molecule has 0 aliphatic heterocycles. The summed E-state index contributed by atoms with van der Waals surface area (Å²) in [6, 6.07) is 23.2. The SMILES string of the molecule is CC(NCc1ccccc1N)c1cccc2ccccc12. The van der Waals surface area contributed by atoms with Gasteiger partial charge in [-0.1, -0.05) is 60.7 Å². The van der Waals surface area contributed by atoms with E-state index in [4.69, 9.17) is 5.73 Å². The molecule has 0 spiro atoms. The Labute approximate surface area is 125 Å². The molecule has 1 atom stereocenters. The molecule has 1 unspecified atom stereocenters. The zero-order valence-corrected chi connectivity index (χ0v) is 12.2. The van der Waals surface area contributed by atoms with Crippen molar-refractivity contribution in [3.8, 4) is 0 Å². The fourth-order valence-corrected chi connectivity index (χ4v) is 2.70. The van der Waals surface area contributed by atoms with E-state index in [1.807, 2.05) is 18.2 Å². The van der Waals surface area contributed by atoms with Gasteiger partial charge in [-0.15, -0.1) is 0 Å². The molecule has 0 radical (unpaired) electrons. The summed E-state index contributed by atoms with van der Waals surface area (Å²) < 4.78 is 0. The summed E-state index contributed by atoms with van der Waals surface area (Å²) >= 11 is 0. The molecule has 2 nitrogen and oxygen atoms in total. The first-order valence-corrected chi connectivity index (χ1v) is 7.30. The van der Waals surface area contributed by atoms with E-state index >= 15 is 0 Å². The number of benzene rings is 3. The highest BCUT2D eigenvalue weighted by Crippen LogP contribution is 2.24. The maximum atomic E-state index is 6.00. The lowest BCUT2D eigenvalue weighted by atomic mass is 9.99. The molecule has 3 N–H and O–H groups in total. The lowest BCUT2D eigenvalue weighted by molar-refractivity contribution is 0.579. The minimum absolute atomic E-state index is 0.274. The number of nitrogens with two attached hydrogens (primary N) is 1. The number of rotatable bonds is 4. The van der Waals surface area contributed by atoms with Gasteiger partial charge in [-0.25, -0.2) is 0 Å². The van der Waals surface area contributed by atoms with Crippen LogP contribution in [0.25, 0.3) is 10.8 Å². The van der Waals surface area contributed by atoms with Gasteiger partial charge in [0.15, 0.2) is 0 Å². The third kappa shape index (κ3) is 2.91. The number of para-hydroxylation sites is 1. The summed E-state index contributed by atoms with van der Waals surface area (Å²) in [6.07, 6.45) is 0. The molecule has 0 aromatic heterocycles. The molecule has 0 saturated heterocycles. The third-order valence-corrected chi connectivity index (χ3v) is 3.94. The Hall–Kier alpha value is -2.32. The maximum Gasteiger partial charge on any atom is 0.0359 e. The van der Waals surface area contributed by atoms with Crippen LogP contribution >= 0.6 is 0 Å². The van der Waals surface area contributed by atoms with Crippen molar-refractivity contribution < 1.29 is 0 Å². The Morgan fingerprint density at radius 1 is 0.905 bits per heavy atom. The highest BCUT2D eigenvalue weighted by molar-refractivity contribution is 5.86. The van der Waals surface area contributed by atoms with E-state index in [1.165, 1.54) is 16.3 Å². The smallest absolute Gasteiger partial charge is 0.0359 e. The second-order valence-electron chi connectivity index (χ2n) is 5.37. The predicted octanol–water partition coefficient (Wildman–Crippen LogP) is 4.27. The molecule has 0 amide bonds. The topological polar surface area (TPSA) is 38.0 Å². The molecule has 0 heterocycles. The van der Waals surface area contributed by atoms with E-state index < -0.39 is 0 Å². The minimum Gasteiger partial charge on any atom is -0.398 e. The van der Waals surface area contributed by atoms with Gasteiger partial charge in [-0.2, -0.15) is 0 Å². The molecular formula is C19H20N2. The van der Waals surface area contributed by atoms with Crippen molar-refractivity contribution in [2.24, 2.45) is 0 Å². The Morgan fingerprint density at radius 2 is 1.62 bits per heavy atom. The summed E-state index contributed by atoms with van der Waals surface area (Å²) in [6.45, 7) is 2.97. The average molecular weight is 276 g/mol. The van der Waals surface area contributed by atoms with Crippen molar-refractivity contribution in [2.45, 2.75) is 19.5 Å². The van der Waals surface area contributed by atoms with Gasteiger partial charge in [0.25, 0.3) is 0 Å². The van der Waals surface area contributed by atoms with Crippen molar-refractivity contribution in [2.75, 3.05) is 5.73 Å². The predicted molar refractivity (Wildman–Crippen MR) is 90.1 cm³/mol. The molecule has 2 heteroatoms. The molecule has 3 aromatic rings. The zero-order valence-electron chi connectivity index (χ0n) is 12.2. The van der Waals surface area contributed by atoms with Crippen molar-refractivity contribution in [1.82, 2.24) is 5.32 Å². The van der Waals surface area contributed by atoms with Crippen molar-refractivity contribution in [1.29, 1.82) is 0 Å². The lowest BCUT2D eigenvalue weighted by Gasteiger charge is -2.17. The molecule has 21 heavy (non-hydrogen) atoms. The Bertz CT molecular complexity index is 744. The number of anilines is 1. The van der Waals surface area contributed by atoms with Gasteiger partial charge in [0.1, 0.15) is 0 Å². The summed E-state index contributed by atoms with van der Waals surface area (Å²) in [7, 11) is 0. The van der Waals surface area contributed by atoms with Crippen LogP contribution in [0, 0.1) is 0 Å². The van der Waals surface area contributed by atoms with Gasteiger partial charge >= 0.3 is 0 Å². The van der Waals surface area contributed by atoms with Gasteiger partial charge < -0.3 is 11.1 Å². The van der Waals surface area contributed by atoms with Crippen LogP contribution in [0.2, 0.25) is 0 Å². The molecule has 0 fully saturated rings. The van der Waals surface area contributed by atoms with Crippen molar-refractivity contribution in [3.63, 3.8) is 0 Å². The summed E-state index contributed by atoms with van der Waals surface area (Å²) in [5, 5.41) is 6.16. The Morgan fingerprint density at radius 3 is 2.48 bits per heavy atom. The fraction of sp³-hybridized carbons (Fsp3) is 0.158. The molecule has 3 aromatic carbocycles. The molecule has 0 saturated carbocycles. The normalized spacial score (nSPS) is 12.4. The Balaban J connectivity index is 1.81. The first kappa shape index (κ1) is 13.7. The molecule has 106 valence electrons. The van der Waals surface area contributed by atoms with Crippen LogP contribution in [0.4, 0.5) is 5.69 Å². The summed E-state index contributed by atoms with van der Waals surface area (Å²) in [4.78, 5) is 0. The molecule has 3 rings (SSSR count). The van der Waals surface area contributed by atoms with Crippen molar-refractivity contribution >= 4 is 16.5 Å². The molecule has 0 aliphatic rings. The fourth-order valence-electron chi connectivity index (χ4n) is 2.70. The van der Waals surface area contributed by atoms with Gasteiger partial charge in [-0.05, 0) is 34.9 Å². The van der Waals surface area contributed by atoms with Crippen LogP contribution in [0.15, 0.2) is 66.7 Å². The van der Waals surface area contributed by atoms with E-state index in [1.54, 1.807) is 0 Å². The third-order valence-electron chi connectivity index (χ3n) is 3.94.